The van der Waals surface area contributed by atoms with Gasteiger partial charge in [-0.15, -0.1) is 0 Å². The average molecular weight is 156 g/mol. The molecular formula is C10H20O. The summed E-state index contributed by atoms with van der Waals surface area (Å²) in [6.45, 7) is 8.19. The lowest BCUT2D eigenvalue weighted by Crippen LogP contribution is -1.93. The van der Waals surface area contributed by atoms with E-state index < -0.39 is 0 Å². The zero-order valence-corrected chi connectivity index (χ0v) is 7.97. The van der Waals surface area contributed by atoms with Gasteiger partial charge >= 0.3 is 0 Å². The Labute approximate surface area is 70.4 Å². The molecule has 0 aliphatic carbocycles. The fraction of sp³-hybridized carbons (Fsp3) is 0.800. The minimum Gasteiger partial charge on any atom is -0.377 e. The minimum absolute atomic E-state index is 0.643. The fourth-order valence-electron chi connectivity index (χ4n) is 0.725. The molecule has 0 rings (SSSR count). The Bertz CT molecular complexity index is 95.0. The third-order valence-electron chi connectivity index (χ3n) is 1.38. The maximum Gasteiger partial charge on any atom is 0.0647 e. The Hall–Kier alpha value is -0.300. The van der Waals surface area contributed by atoms with Crippen LogP contribution in [0.5, 0.6) is 0 Å². The Kier molecular flexibility index (Phi) is 7.59. The molecular weight excluding hydrogens is 136 g/mol. The van der Waals surface area contributed by atoms with Crippen LogP contribution in [-0.2, 0) is 4.74 Å². The molecule has 11 heavy (non-hydrogen) atoms. The molecule has 0 heterocycles. The smallest absolute Gasteiger partial charge is 0.0647 e. The molecule has 1 nitrogen and oxygen atoms in total. The van der Waals surface area contributed by atoms with E-state index in [0.29, 0.717) is 5.92 Å². The van der Waals surface area contributed by atoms with Crippen LogP contribution in [-0.4, -0.2) is 13.2 Å². The summed E-state index contributed by atoms with van der Waals surface area (Å²) in [7, 11) is 0. The minimum atomic E-state index is 0.643. The van der Waals surface area contributed by atoms with Crippen molar-refractivity contribution in [2.45, 2.75) is 33.6 Å². The van der Waals surface area contributed by atoms with Gasteiger partial charge in [0.2, 0.25) is 0 Å². The van der Waals surface area contributed by atoms with Crippen LogP contribution in [0.2, 0.25) is 0 Å². The van der Waals surface area contributed by atoms with Gasteiger partial charge in [-0.2, -0.15) is 0 Å². The van der Waals surface area contributed by atoms with Gasteiger partial charge in [0.05, 0.1) is 6.61 Å². The molecule has 0 aliphatic heterocycles. The topological polar surface area (TPSA) is 9.23 Å². The Morgan fingerprint density at radius 2 is 2.09 bits per heavy atom. The predicted octanol–water partition coefficient (Wildman–Crippen LogP) is 3.02. The molecule has 0 bridgehead atoms. The SMILES string of the molecule is CCCCOC/C=C/C(C)C. The molecule has 0 amide bonds. The summed E-state index contributed by atoms with van der Waals surface area (Å²) in [5.74, 6) is 0.643. The molecule has 0 saturated heterocycles. The summed E-state index contributed by atoms with van der Waals surface area (Å²) in [5.41, 5.74) is 0. The largest absolute Gasteiger partial charge is 0.377 e. The van der Waals surface area contributed by atoms with Crippen LogP contribution in [0.3, 0.4) is 0 Å². The standard InChI is InChI=1S/C10H20O/c1-4-5-8-11-9-6-7-10(2)3/h6-7,10H,4-5,8-9H2,1-3H3/b7-6+. The van der Waals surface area contributed by atoms with E-state index in [1.807, 2.05) is 0 Å². The normalized spacial score (nSPS) is 11.6. The summed E-state index contributed by atoms with van der Waals surface area (Å²) in [5, 5.41) is 0. The van der Waals surface area contributed by atoms with Gasteiger partial charge in [-0.25, -0.2) is 0 Å². The van der Waals surface area contributed by atoms with Gasteiger partial charge in [0.25, 0.3) is 0 Å². The van der Waals surface area contributed by atoms with Crippen molar-refractivity contribution in [2.24, 2.45) is 5.92 Å². The number of hydrogen-bond acceptors (Lipinski definition) is 1. The highest BCUT2D eigenvalue weighted by atomic mass is 16.5. The zero-order valence-electron chi connectivity index (χ0n) is 7.97. The molecule has 0 N–H and O–H groups in total. The Morgan fingerprint density at radius 1 is 1.36 bits per heavy atom. The number of allylic oxidation sites excluding steroid dienone is 1. The van der Waals surface area contributed by atoms with Crippen molar-refractivity contribution in [2.75, 3.05) is 13.2 Å². The van der Waals surface area contributed by atoms with Gasteiger partial charge in [-0.3, -0.25) is 0 Å². The van der Waals surface area contributed by atoms with Crippen molar-refractivity contribution in [3.63, 3.8) is 0 Å². The van der Waals surface area contributed by atoms with Crippen LogP contribution in [0.25, 0.3) is 0 Å². The Morgan fingerprint density at radius 3 is 2.64 bits per heavy atom. The molecule has 0 radical (unpaired) electrons. The van der Waals surface area contributed by atoms with Crippen LogP contribution in [0, 0.1) is 5.92 Å². The highest BCUT2D eigenvalue weighted by Crippen LogP contribution is 1.93. The van der Waals surface area contributed by atoms with Crippen LogP contribution < -0.4 is 0 Å². The van der Waals surface area contributed by atoms with Crippen LogP contribution in [0.15, 0.2) is 12.2 Å². The average Bonchev–Trinajstić information content (AvgIpc) is 1.96. The lowest BCUT2D eigenvalue weighted by atomic mass is 10.2. The second kappa shape index (κ2) is 7.80. The predicted molar refractivity (Wildman–Crippen MR) is 49.7 cm³/mol. The van der Waals surface area contributed by atoms with E-state index in [1.54, 1.807) is 0 Å². The molecule has 0 fully saturated rings. The molecule has 0 spiro atoms. The Balaban J connectivity index is 3.01. The maximum atomic E-state index is 5.34. The molecule has 66 valence electrons. The number of rotatable bonds is 6. The number of hydrogen-bond donors (Lipinski definition) is 0. The van der Waals surface area contributed by atoms with Crippen molar-refractivity contribution in [1.29, 1.82) is 0 Å². The van der Waals surface area contributed by atoms with Crippen molar-refractivity contribution in [1.82, 2.24) is 0 Å². The first-order chi connectivity index (χ1) is 5.27. The first-order valence-electron chi connectivity index (χ1n) is 4.51. The van der Waals surface area contributed by atoms with Crippen LogP contribution >= 0.6 is 0 Å². The van der Waals surface area contributed by atoms with E-state index in [9.17, 15) is 0 Å². The molecule has 0 aromatic heterocycles. The summed E-state index contributed by atoms with van der Waals surface area (Å²) in [6, 6.07) is 0. The zero-order chi connectivity index (χ0) is 8.53. The summed E-state index contributed by atoms with van der Waals surface area (Å²) in [6.07, 6.45) is 6.66. The number of ether oxygens (including phenoxy) is 1. The van der Waals surface area contributed by atoms with E-state index in [4.69, 9.17) is 4.74 Å². The van der Waals surface area contributed by atoms with Gasteiger partial charge in [0, 0.05) is 6.61 Å². The molecule has 0 saturated carbocycles. The third kappa shape index (κ3) is 9.70. The monoisotopic (exact) mass is 156 g/mol. The van der Waals surface area contributed by atoms with E-state index in [-0.39, 0.29) is 0 Å². The lowest BCUT2D eigenvalue weighted by molar-refractivity contribution is 0.158. The quantitative estimate of drug-likeness (QED) is 0.424. The molecule has 0 aliphatic rings. The van der Waals surface area contributed by atoms with E-state index in [0.717, 1.165) is 13.2 Å². The molecule has 0 atom stereocenters. The third-order valence-corrected chi connectivity index (χ3v) is 1.38. The maximum absolute atomic E-state index is 5.34. The highest BCUT2D eigenvalue weighted by molar-refractivity contribution is 4.83. The van der Waals surface area contributed by atoms with Crippen molar-refractivity contribution in [3.8, 4) is 0 Å². The summed E-state index contributed by atoms with van der Waals surface area (Å²) >= 11 is 0. The second-order valence-electron chi connectivity index (χ2n) is 3.10. The second-order valence-corrected chi connectivity index (χ2v) is 3.10. The first kappa shape index (κ1) is 10.7. The number of unbranched alkanes of at least 4 members (excludes halogenated alkanes) is 1. The molecule has 1 heteroatoms. The molecule has 0 unspecified atom stereocenters. The van der Waals surface area contributed by atoms with Crippen LogP contribution in [0.4, 0.5) is 0 Å². The molecule has 0 aromatic rings. The lowest BCUT2D eigenvalue weighted by Gasteiger charge is -1.98. The van der Waals surface area contributed by atoms with E-state index in [2.05, 4.69) is 32.9 Å². The van der Waals surface area contributed by atoms with Gasteiger partial charge < -0.3 is 4.74 Å². The van der Waals surface area contributed by atoms with Gasteiger partial charge in [-0.1, -0.05) is 39.3 Å². The summed E-state index contributed by atoms with van der Waals surface area (Å²) < 4.78 is 5.34. The van der Waals surface area contributed by atoms with Crippen molar-refractivity contribution < 1.29 is 4.74 Å². The van der Waals surface area contributed by atoms with Crippen molar-refractivity contribution in [3.05, 3.63) is 12.2 Å². The van der Waals surface area contributed by atoms with Gasteiger partial charge in [-0.05, 0) is 12.3 Å². The van der Waals surface area contributed by atoms with E-state index in [1.165, 1.54) is 12.8 Å². The van der Waals surface area contributed by atoms with Gasteiger partial charge in [0.15, 0.2) is 0 Å². The van der Waals surface area contributed by atoms with Crippen LogP contribution in [0.1, 0.15) is 33.6 Å². The van der Waals surface area contributed by atoms with E-state index >= 15 is 0 Å². The highest BCUT2D eigenvalue weighted by Gasteiger charge is 1.84. The summed E-state index contributed by atoms with van der Waals surface area (Å²) in [4.78, 5) is 0. The van der Waals surface area contributed by atoms with Gasteiger partial charge in [0.1, 0.15) is 0 Å². The fourth-order valence-corrected chi connectivity index (χ4v) is 0.725. The van der Waals surface area contributed by atoms with Crippen molar-refractivity contribution >= 4 is 0 Å². The first-order valence-corrected chi connectivity index (χ1v) is 4.51. The molecule has 0 aromatic carbocycles.